The predicted molar refractivity (Wildman–Crippen MR) is 101 cm³/mol. The lowest BCUT2D eigenvalue weighted by Gasteiger charge is -2.04. The Balaban J connectivity index is 1.60. The van der Waals surface area contributed by atoms with Gasteiger partial charge in [0, 0.05) is 11.5 Å². The second-order valence-corrected chi connectivity index (χ2v) is 5.56. The van der Waals surface area contributed by atoms with Gasteiger partial charge in [0.2, 0.25) is 5.91 Å². The summed E-state index contributed by atoms with van der Waals surface area (Å²) in [6.45, 7) is -0.169. The van der Waals surface area contributed by atoms with Crippen LogP contribution in [0.15, 0.2) is 66.9 Å². The molecule has 3 rings (SSSR count). The molecule has 3 aromatic rings. The number of benzene rings is 2. The Morgan fingerprint density at radius 2 is 1.88 bits per heavy atom. The maximum absolute atomic E-state index is 12.1. The van der Waals surface area contributed by atoms with E-state index in [1.807, 2.05) is 30.3 Å². The highest BCUT2D eigenvalue weighted by atomic mass is 16.5. The van der Waals surface area contributed by atoms with E-state index in [-0.39, 0.29) is 12.5 Å². The maximum Gasteiger partial charge on any atom is 0.255 e. The fourth-order valence-electron chi connectivity index (χ4n) is 2.32. The van der Waals surface area contributed by atoms with Gasteiger partial charge in [-0.3, -0.25) is 14.6 Å². The number of pyridine rings is 1. The number of hydrogen-bond acceptors (Lipinski definition) is 4. The van der Waals surface area contributed by atoms with Crippen LogP contribution in [-0.2, 0) is 9.59 Å². The summed E-state index contributed by atoms with van der Waals surface area (Å²) in [5, 5.41) is 3.74. The first kappa shape index (κ1) is 17.2. The molecule has 0 saturated carbocycles. The van der Waals surface area contributed by atoms with E-state index in [9.17, 15) is 9.59 Å². The first-order valence-electron chi connectivity index (χ1n) is 7.95. The summed E-state index contributed by atoms with van der Waals surface area (Å²) >= 11 is 0. The Morgan fingerprint density at radius 1 is 1.12 bits per heavy atom. The number of nitrogens with one attached hydrogen (secondary N) is 1. The highest BCUT2D eigenvalue weighted by Crippen LogP contribution is 2.16. The molecule has 0 spiro atoms. The lowest BCUT2D eigenvalue weighted by molar-refractivity contribution is -0.120. The van der Waals surface area contributed by atoms with Crippen LogP contribution < -0.4 is 15.8 Å². The Bertz CT molecular complexity index is 965. The van der Waals surface area contributed by atoms with E-state index in [1.165, 1.54) is 6.08 Å². The van der Waals surface area contributed by atoms with Gasteiger partial charge in [-0.1, -0.05) is 30.3 Å². The molecule has 1 heterocycles. The summed E-state index contributed by atoms with van der Waals surface area (Å²) in [5.74, 6) is -0.252. The summed E-state index contributed by atoms with van der Waals surface area (Å²) in [6, 6.07) is 16.5. The van der Waals surface area contributed by atoms with Gasteiger partial charge < -0.3 is 15.8 Å². The zero-order valence-corrected chi connectivity index (χ0v) is 13.9. The quantitative estimate of drug-likeness (QED) is 0.670. The summed E-state index contributed by atoms with van der Waals surface area (Å²) in [7, 11) is 0. The number of aromatic nitrogens is 1. The number of anilines is 1. The summed E-state index contributed by atoms with van der Waals surface area (Å²) < 4.78 is 5.18. The molecule has 2 amide bonds. The number of nitrogens with two attached hydrogens (primary N) is 1. The summed E-state index contributed by atoms with van der Waals surface area (Å²) in [6.07, 6.45) is 4.75. The van der Waals surface area contributed by atoms with Gasteiger partial charge in [-0.05, 0) is 35.9 Å². The standard InChI is InChI=1S/C20H17N3O3/c21-19(24)13-26-17-8-5-14(6-9-17)7-10-20(25)23-16-11-15-3-1-2-4-18(15)22-12-16/h1-12H,13H2,(H2,21,24)(H,23,25)/b10-7-. The van der Waals surface area contributed by atoms with Gasteiger partial charge >= 0.3 is 0 Å². The van der Waals surface area contributed by atoms with E-state index < -0.39 is 5.91 Å². The smallest absolute Gasteiger partial charge is 0.255 e. The highest BCUT2D eigenvalue weighted by molar-refractivity contribution is 6.02. The Morgan fingerprint density at radius 3 is 2.65 bits per heavy atom. The van der Waals surface area contributed by atoms with E-state index in [0.29, 0.717) is 11.4 Å². The molecular formula is C20H17N3O3. The second-order valence-electron chi connectivity index (χ2n) is 5.56. The highest BCUT2D eigenvalue weighted by Gasteiger charge is 2.01. The lowest BCUT2D eigenvalue weighted by Crippen LogP contribution is -2.19. The van der Waals surface area contributed by atoms with Gasteiger partial charge in [-0.25, -0.2) is 0 Å². The van der Waals surface area contributed by atoms with E-state index >= 15 is 0 Å². The third-order valence-corrected chi connectivity index (χ3v) is 3.55. The van der Waals surface area contributed by atoms with E-state index in [1.54, 1.807) is 36.5 Å². The number of ether oxygens (including phenoxy) is 1. The molecule has 2 aromatic carbocycles. The number of carbonyl (C=O) groups excluding carboxylic acids is 2. The first-order chi connectivity index (χ1) is 12.6. The number of carbonyl (C=O) groups is 2. The minimum atomic E-state index is -0.533. The van der Waals surface area contributed by atoms with Crippen molar-refractivity contribution >= 4 is 34.5 Å². The molecule has 6 nitrogen and oxygen atoms in total. The number of primary amides is 1. The van der Waals surface area contributed by atoms with Crippen molar-refractivity contribution in [2.45, 2.75) is 0 Å². The molecule has 0 aliphatic heterocycles. The van der Waals surface area contributed by atoms with Gasteiger partial charge in [0.25, 0.3) is 5.91 Å². The zero-order valence-electron chi connectivity index (χ0n) is 13.9. The predicted octanol–water partition coefficient (Wildman–Crippen LogP) is 2.75. The van der Waals surface area contributed by atoms with Gasteiger partial charge in [-0.15, -0.1) is 0 Å². The van der Waals surface area contributed by atoms with Gasteiger partial charge in [0.15, 0.2) is 6.61 Å². The van der Waals surface area contributed by atoms with Crippen LogP contribution in [-0.4, -0.2) is 23.4 Å². The molecule has 0 aliphatic carbocycles. The fraction of sp³-hybridized carbons (Fsp3) is 0.0500. The SMILES string of the molecule is NC(=O)COc1ccc(/C=C\C(=O)Nc2cnc3ccccc3c2)cc1. The maximum atomic E-state index is 12.1. The number of para-hydroxylation sites is 1. The van der Waals surface area contributed by atoms with Crippen molar-refractivity contribution in [1.82, 2.24) is 4.98 Å². The number of fused-ring (bicyclic) bond motifs is 1. The van der Waals surface area contributed by atoms with Crippen molar-refractivity contribution in [3.63, 3.8) is 0 Å². The van der Waals surface area contributed by atoms with Crippen LogP contribution in [0.25, 0.3) is 17.0 Å². The van der Waals surface area contributed by atoms with Crippen molar-refractivity contribution in [3.8, 4) is 5.75 Å². The molecule has 3 N–H and O–H groups in total. The van der Waals surface area contributed by atoms with Gasteiger partial charge in [0.05, 0.1) is 17.4 Å². The molecule has 0 aliphatic rings. The van der Waals surface area contributed by atoms with E-state index in [0.717, 1.165) is 16.5 Å². The summed E-state index contributed by atoms with van der Waals surface area (Å²) in [5.41, 5.74) is 7.35. The van der Waals surface area contributed by atoms with Crippen LogP contribution in [0.4, 0.5) is 5.69 Å². The molecule has 0 radical (unpaired) electrons. The molecule has 0 unspecified atom stereocenters. The van der Waals surface area contributed by atoms with Crippen LogP contribution in [0.3, 0.4) is 0 Å². The third-order valence-electron chi connectivity index (χ3n) is 3.55. The van der Waals surface area contributed by atoms with Crippen molar-refractivity contribution in [3.05, 3.63) is 72.4 Å². The molecule has 130 valence electrons. The minimum Gasteiger partial charge on any atom is -0.484 e. The van der Waals surface area contributed by atoms with Gasteiger partial charge in [-0.2, -0.15) is 0 Å². The molecule has 0 bridgehead atoms. The molecule has 0 fully saturated rings. The van der Waals surface area contributed by atoms with Crippen molar-refractivity contribution in [1.29, 1.82) is 0 Å². The number of rotatable bonds is 6. The largest absolute Gasteiger partial charge is 0.484 e. The van der Waals surface area contributed by atoms with Crippen LogP contribution >= 0.6 is 0 Å². The normalized spacial score (nSPS) is 10.8. The van der Waals surface area contributed by atoms with Crippen LogP contribution in [0.2, 0.25) is 0 Å². The van der Waals surface area contributed by atoms with Gasteiger partial charge in [0.1, 0.15) is 5.75 Å². The third kappa shape index (κ3) is 4.67. The average molecular weight is 347 g/mol. The second kappa shape index (κ2) is 7.94. The topological polar surface area (TPSA) is 94.3 Å². The van der Waals surface area contributed by atoms with Crippen molar-refractivity contribution in [2.75, 3.05) is 11.9 Å². The minimum absolute atomic E-state index is 0.169. The average Bonchev–Trinajstić information content (AvgIpc) is 2.65. The molecule has 0 saturated heterocycles. The fourth-order valence-corrected chi connectivity index (χ4v) is 2.32. The Hall–Kier alpha value is -3.67. The molecule has 1 aromatic heterocycles. The number of hydrogen-bond donors (Lipinski definition) is 2. The summed E-state index contributed by atoms with van der Waals surface area (Å²) in [4.78, 5) is 27.0. The monoisotopic (exact) mass is 347 g/mol. The molecule has 26 heavy (non-hydrogen) atoms. The molecular weight excluding hydrogens is 330 g/mol. The van der Waals surface area contributed by atoms with Crippen LogP contribution in [0.5, 0.6) is 5.75 Å². The first-order valence-corrected chi connectivity index (χ1v) is 7.95. The Kier molecular flexibility index (Phi) is 5.24. The zero-order chi connectivity index (χ0) is 18.4. The van der Waals surface area contributed by atoms with Crippen LogP contribution in [0, 0.1) is 0 Å². The lowest BCUT2D eigenvalue weighted by atomic mass is 10.2. The molecule has 0 atom stereocenters. The molecule has 6 heteroatoms. The van der Waals surface area contributed by atoms with E-state index in [4.69, 9.17) is 10.5 Å². The Labute approximate surface area is 150 Å². The van der Waals surface area contributed by atoms with Crippen molar-refractivity contribution in [2.24, 2.45) is 5.73 Å². The van der Waals surface area contributed by atoms with E-state index in [2.05, 4.69) is 10.3 Å². The number of nitrogens with zero attached hydrogens (tertiary/aromatic N) is 1. The number of amides is 2. The van der Waals surface area contributed by atoms with Crippen LogP contribution in [0.1, 0.15) is 5.56 Å². The van der Waals surface area contributed by atoms with Crippen molar-refractivity contribution < 1.29 is 14.3 Å².